The third kappa shape index (κ3) is 2.67. The van der Waals surface area contributed by atoms with Crippen molar-refractivity contribution in [1.29, 1.82) is 5.41 Å². The zero-order chi connectivity index (χ0) is 17.6. The average molecular weight is 338 g/mol. The first kappa shape index (κ1) is 15.1. The van der Waals surface area contributed by atoms with Crippen LogP contribution in [0.1, 0.15) is 17.1 Å². The summed E-state index contributed by atoms with van der Waals surface area (Å²) < 4.78 is 20.4. The molecule has 2 aromatic heterocycles. The van der Waals surface area contributed by atoms with Gasteiger partial charge in [0.05, 0.1) is 0 Å². The highest BCUT2D eigenvalue weighted by Gasteiger charge is 2.19. The lowest BCUT2D eigenvalue weighted by Crippen LogP contribution is -2.28. The van der Waals surface area contributed by atoms with Gasteiger partial charge in [0.1, 0.15) is 11.6 Å². The number of benzene rings is 1. The van der Waals surface area contributed by atoms with Gasteiger partial charge < -0.3 is 15.6 Å². The maximum absolute atomic E-state index is 13.5. The normalized spacial score (nSPS) is 13.1. The Bertz CT molecular complexity index is 1070. The molecule has 0 amide bonds. The van der Waals surface area contributed by atoms with Crippen molar-refractivity contribution in [1.82, 2.24) is 14.6 Å². The Hall–Kier alpha value is -3.42. The first-order valence-corrected chi connectivity index (χ1v) is 7.63. The fraction of sp³-hybridized carbons (Fsp3) is 0.118. The number of furan rings is 1. The topological polar surface area (TPSA) is 106 Å². The number of aryl methyl sites for hydroxylation is 1. The van der Waals surface area contributed by atoms with Crippen molar-refractivity contribution < 1.29 is 8.81 Å². The summed E-state index contributed by atoms with van der Waals surface area (Å²) in [4.78, 5) is 8.20. The summed E-state index contributed by atoms with van der Waals surface area (Å²) in [6.45, 7) is 1.81. The van der Waals surface area contributed by atoms with E-state index in [2.05, 4.69) is 15.3 Å². The zero-order valence-corrected chi connectivity index (χ0v) is 13.4. The first-order valence-electron chi connectivity index (χ1n) is 7.63. The lowest BCUT2D eigenvalue weighted by Gasteiger charge is -2.20. The second-order valence-electron chi connectivity index (χ2n) is 5.77. The van der Waals surface area contributed by atoms with Crippen molar-refractivity contribution in [3.8, 4) is 11.6 Å². The van der Waals surface area contributed by atoms with E-state index >= 15 is 0 Å². The molecule has 4 N–H and O–H groups in total. The Morgan fingerprint density at radius 2 is 2.04 bits per heavy atom. The molecule has 25 heavy (non-hydrogen) atoms. The van der Waals surface area contributed by atoms with E-state index in [0.717, 1.165) is 16.8 Å². The number of aromatic nitrogens is 3. The largest absolute Gasteiger partial charge is 0.458 e. The summed E-state index contributed by atoms with van der Waals surface area (Å²) in [5.74, 6) is 7.70. The van der Waals surface area contributed by atoms with Crippen molar-refractivity contribution in [2.45, 2.75) is 13.3 Å². The minimum absolute atomic E-state index is 0.174. The van der Waals surface area contributed by atoms with Crippen LogP contribution in [0.5, 0.6) is 0 Å². The number of fused-ring (bicyclic) bond motifs is 1. The highest BCUT2D eigenvalue weighted by molar-refractivity contribution is 5.74. The van der Waals surface area contributed by atoms with Crippen LogP contribution in [0.15, 0.2) is 40.9 Å². The van der Waals surface area contributed by atoms with Gasteiger partial charge in [-0.05, 0) is 42.8 Å². The molecular weight excluding hydrogens is 323 g/mol. The third-order valence-electron chi connectivity index (χ3n) is 3.98. The maximum Gasteiger partial charge on any atom is 0.246 e. The number of halogens is 1. The molecule has 0 atom stereocenters. The summed E-state index contributed by atoms with van der Waals surface area (Å²) in [5.41, 5.74) is 2.17. The molecule has 1 aromatic carbocycles. The molecule has 3 aromatic rings. The van der Waals surface area contributed by atoms with E-state index in [0.29, 0.717) is 29.6 Å². The predicted octanol–water partition coefficient (Wildman–Crippen LogP) is 2.19. The van der Waals surface area contributed by atoms with Crippen LogP contribution >= 0.6 is 0 Å². The Morgan fingerprint density at radius 3 is 2.80 bits per heavy atom. The second kappa shape index (κ2) is 5.59. The Labute approximate surface area is 142 Å². The molecule has 0 saturated carbocycles. The SMILES string of the molecule is Cc1ccc(-c2nc(=N)nc(C3=CNc4ccc(F)cc4C3)n2N)o1. The fourth-order valence-electron chi connectivity index (χ4n) is 2.80. The van der Waals surface area contributed by atoms with Crippen LogP contribution in [0.3, 0.4) is 0 Å². The van der Waals surface area contributed by atoms with Gasteiger partial charge in [-0.1, -0.05) is 0 Å². The smallest absolute Gasteiger partial charge is 0.246 e. The van der Waals surface area contributed by atoms with Crippen LogP contribution in [0.4, 0.5) is 10.1 Å². The van der Waals surface area contributed by atoms with E-state index in [4.69, 9.17) is 15.7 Å². The van der Waals surface area contributed by atoms with Gasteiger partial charge in [0.2, 0.25) is 5.62 Å². The highest BCUT2D eigenvalue weighted by atomic mass is 19.1. The van der Waals surface area contributed by atoms with Crippen molar-refractivity contribution in [3.05, 3.63) is 65.1 Å². The molecule has 4 rings (SSSR count). The fourth-order valence-corrected chi connectivity index (χ4v) is 2.80. The molecule has 0 bridgehead atoms. The monoisotopic (exact) mass is 338 g/mol. The predicted molar refractivity (Wildman–Crippen MR) is 90.2 cm³/mol. The Kier molecular flexibility index (Phi) is 3.38. The number of nitrogens with zero attached hydrogens (tertiary/aromatic N) is 3. The van der Waals surface area contributed by atoms with Gasteiger partial charge in [-0.25, -0.2) is 9.07 Å². The molecule has 1 aliphatic rings. The van der Waals surface area contributed by atoms with Gasteiger partial charge in [-0.2, -0.15) is 9.97 Å². The van der Waals surface area contributed by atoms with Crippen molar-refractivity contribution in [2.75, 3.05) is 11.2 Å². The summed E-state index contributed by atoms with van der Waals surface area (Å²) in [5, 5.41) is 11.0. The van der Waals surface area contributed by atoms with Crippen molar-refractivity contribution in [3.63, 3.8) is 0 Å². The standard InChI is InChI=1S/C17H15FN6O/c1-9-2-5-14(25-9)16-23-17(19)22-15(24(16)20)11-6-10-7-12(18)3-4-13(10)21-8-11/h2-5,7-8,19,21H,6,20H2,1H3. The van der Waals surface area contributed by atoms with E-state index in [-0.39, 0.29) is 11.4 Å². The van der Waals surface area contributed by atoms with Gasteiger partial charge >= 0.3 is 0 Å². The molecule has 1 aliphatic heterocycles. The van der Waals surface area contributed by atoms with Gasteiger partial charge in [0.25, 0.3) is 0 Å². The number of rotatable bonds is 2. The highest BCUT2D eigenvalue weighted by Crippen LogP contribution is 2.29. The lowest BCUT2D eigenvalue weighted by atomic mass is 10.00. The van der Waals surface area contributed by atoms with Crippen LogP contribution in [0.2, 0.25) is 0 Å². The molecule has 0 spiro atoms. The molecular formula is C17H15FN6O. The summed E-state index contributed by atoms with van der Waals surface area (Å²) in [6, 6.07) is 8.08. The Morgan fingerprint density at radius 1 is 1.24 bits per heavy atom. The molecule has 3 heterocycles. The first-order chi connectivity index (χ1) is 12.0. The van der Waals surface area contributed by atoms with Crippen LogP contribution < -0.4 is 16.8 Å². The average Bonchev–Trinajstić information content (AvgIpc) is 3.02. The number of nitrogens with two attached hydrogens (primary N) is 1. The summed E-state index contributed by atoms with van der Waals surface area (Å²) in [6.07, 6.45) is 2.19. The van der Waals surface area contributed by atoms with Crippen LogP contribution in [-0.2, 0) is 6.42 Å². The molecule has 0 radical (unpaired) electrons. The summed E-state index contributed by atoms with van der Waals surface area (Å²) in [7, 11) is 0. The van der Waals surface area contributed by atoms with E-state index in [9.17, 15) is 4.39 Å². The zero-order valence-electron chi connectivity index (χ0n) is 13.4. The minimum Gasteiger partial charge on any atom is -0.458 e. The molecule has 7 nitrogen and oxygen atoms in total. The lowest BCUT2D eigenvalue weighted by molar-refractivity contribution is 0.539. The van der Waals surface area contributed by atoms with Gasteiger partial charge in [-0.3, -0.25) is 5.41 Å². The van der Waals surface area contributed by atoms with E-state index in [1.54, 1.807) is 24.4 Å². The molecule has 0 unspecified atom stereocenters. The van der Waals surface area contributed by atoms with Crippen LogP contribution in [-0.4, -0.2) is 14.6 Å². The maximum atomic E-state index is 13.5. The van der Waals surface area contributed by atoms with E-state index in [1.165, 1.54) is 16.8 Å². The molecule has 8 heteroatoms. The van der Waals surface area contributed by atoms with Crippen molar-refractivity contribution >= 4 is 11.3 Å². The van der Waals surface area contributed by atoms with Crippen molar-refractivity contribution in [2.24, 2.45) is 0 Å². The second-order valence-corrected chi connectivity index (χ2v) is 5.77. The number of hydrogen-bond acceptors (Lipinski definition) is 6. The number of nitrogens with one attached hydrogen (secondary N) is 2. The van der Waals surface area contributed by atoms with Crippen LogP contribution in [0, 0.1) is 18.2 Å². The number of allylic oxidation sites excluding steroid dienone is 1. The number of nitrogen functional groups attached to an aromatic ring is 1. The van der Waals surface area contributed by atoms with E-state index in [1.807, 2.05) is 6.92 Å². The van der Waals surface area contributed by atoms with Crippen LogP contribution in [0.25, 0.3) is 17.2 Å². The van der Waals surface area contributed by atoms with Gasteiger partial charge in [-0.15, -0.1) is 0 Å². The molecule has 0 saturated heterocycles. The molecule has 0 aliphatic carbocycles. The van der Waals surface area contributed by atoms with Gasteiger partial charge in [0.15, 0.2) is 17.4 Å². The number of anilines is 1. The molecule has 0 fully saturated rings. The quantitative estimate of drug-likeness (QED) is 0.621. The third-order valence-corrected chi connectivity index (χ3v) is 3.98. The summed E-state index contributed by atoms with van der Waals surface area (Å²) >= 11 is 0. The molecule has 126 valence electrons. The number of hydrogen-bond donors (Lipinski definition) is 3. The van der Waals surface area contributed by atoms with Gasteiger partial charge in [0, 0.05) is 23.9 Å². The Balaban J connectivity index is 1.80. The van der Waals surface area contributed by atoms with E-state index < -0.39 is 0 Å². The minimum atomic E-state index is -0.307.